The molecule has 0 saturated heterocycles. The SMILES string of the molecule is COc1ccc([C@@]23C=C[C@]4(CCCC[C@]42C)[C@H]2[C@@H]3C(=O)[C@H](O)[C@H](O)[C@@]2(C)F)cc1. The molecular weight excluding hydrogens is 371 g/mol. The van der Waals surface area contributed by atoms with Crippen molar-refractivity contribution in [3.63, 3.8) is 0 Å². The Labute approximate surface area is 170 Å². The molecule has 156 valence electrons. The van der Waals surface area contributed by atoms with Crippen LogP contribution in [0.5, 0.6) is 5.75 Å². The van der Waals surface area contributed by atoms with Gasteiger partial charge in [-0.3, -0.25) is 4.79 Å². The second-order valence-corrected chi connectivity index (χ2v) is 9.91. The highest BCUT2D eigenvalue weighted by molar-refractivity contribution is 5.91. The minimum absolute atomic E-state index is 0.352. The summed E-state index contributed by atoms with van der Waals surface area (Å²) in [6.45, 7) is 3.57. The second-order valence-electron chi connectivity index (χ2n) is 9.91. The largest absolute Gasteiger partial charge is 0.497 e. The smallest absolute Gasteiger partial charge is 0.168 e. The minimum Gasteiger partial charge on any atom is -0.497 e. The van der Waals surface area contributed by atoms with E-state index in [1.54, 1.807) is 7.11 Å². The Morgan fingerprint density at radius 2 is 1.72 bits per heavy atom. The van der Waals surface area contributed by atoms with E-state index in [1.165, 1.54) is 6.92 Å². The first-order chi connectivity index (χ1) is 13.7. The van der Waals surface area contributed by atoms with E-state index in [2.05, 4.69) is 19.1 Å². The average Bonchev–Trinajstić information content (AvgIpc) is 3.11. The molecule has 1 aromatic carbocycles. The summed E-state index contributed by atoms with van der Waals surface area (Å²) >= 11 is 0. The van der Waals surface area contributed by atoms with E-state index >= 15 is 4.39 Å². The molecule has 5 rings (SSSR count). The first kappa shape index (κ1) is 19.3. The normalized spacial score (nSPS) is 50.3. The number of rotatable bonds is 2. The van der Waals surface area contributed by atoms with Gasteiger partial charge in [0.1, 0.15) is 23.6 Å². The number of benzene rings is 1. The van der Waals surface area contributed by atoms with Crippen LogP contribution in [0, 0.1) is 22.7 Å². The van der Waals surface area contributed by atoms with Crippen LogP contribution in [0.25, 0.3) is 0 Å². The Balaban J connectivity index is 1.80. The minimum atomic E-state index is -2.05. The lowest BCUT2D eigenvalue weighted by molar-refractivity contribution is -0.181. The van der Waals surface area contributed by atoms with Crippen molar-refractivity contribution in [3.8, 4) is 5.75 Å². The fraction of sp³-hybridized carbons (Fsp3) is 0.625. The fourth-order valence-electron chi connectivity index (χ4n) is 7.85. The predicted octanol–water partition coefficient (Wildman–Crippen LogP) is 3.35. The number of alkyl halides is 1. The lowest BCUT2D eigenvalue weighted by Crippen LogP contribution is -2.65. The van der Waals surface area contributed by atoms with Gasteiger partial charge < -0.3 is 14.9 Å². The van der Waals surface area contributed by atoms with Crippen molar-refractivity contribution in [2.45, 2.75) is 62.8 Å². The fourth-order valence-corrected chi connectivity index (χ4v) is 7.85. The molecule has 4 aliphatic carbocycles. The van der Waals surface area contributed by atoms with Crippen molar-refractivity contribution >= 4 is 5.78 Å². The summed E-state index contributed by atoms with van der Waals surface area (Å²) in [5.74, 6) is -1.05. The first-order valence-corrected chi connectivity index (χ1v) is 10.6. The van der Waals surface area contributed by atoms with E-state index in [0.29, 0.717) is 0 Å². The highest BCUT2D eigenvalue weighted by Crippen LogP contribution is 2.81. The zero-order valence-corrected chi connectivity index (χ0v) is 17.2. The van der Waals surface area contributed by atoms with Gasteiger partial charge in [0.2, 0.25) is 0 Å². The number of hydrogen-bond acceptors (Lipinski definition) is 4. The third-order valence-electron chi connectivity index (χ3n) is 9.13. The van der Waals surface area contributed by atoms with Crippen LogP contribution in [-0.2, 0) is 10.2 Å². The number of halogens is 1. The number of carbonyl (C=O) groups excluding carboxylic acids is 1. The molecule has 0 aromatic heterocycles. The molecule has 29 heavy (non-hydrogen) atoms. The molecule has 3 saturated carbocycles. The molecule has 0 heterocycles. The number of aliphatic hydroxyl groups excluding tert-OH is 2. The van der Waals surface area contributed by atoms with Gasteiger partial charge in [-0.05, 0) is 42.9 Å². The van der Waals surface area contributed by atoms with Crippen LogP contribution in [0.4, 0.5) is 4.39 Å². The topological polar surface area (TPSA) is 66.8 Å². The Kier molecular flexibility index (Phi) is 3.78. The molecule has 8 atom stereocenters. The monoisotopic (exact) mass is 400 g/mol. The summed E-state index contributed by atoms with van der Waals surface area (Å²) in [6.07, 6.45) is 4.56. The summed E-state index contributed by atoms with van der Waals surface area (Å²) in [6, 6.07) is 7.71. The second kappa shape index (κ2) is 5.70. The zero-order valence-electron chi connectivity index (χ0n) is 17.2. The van der Waals surface area contributed by atoms with Crippen molar-refractivity contribution in [3.05, 3.63) is 42.0 Å². The number of aliphatic hydroxyl groups is 2. The summed E-state index contributed by atoms with van der Waals surface area (Å²) in [5.41, 5.74) is -2.64. The van der Waals surface area contributed by atoms with Crippen LogP contribution >= 0.6 is 0 Å². The van der Waals surface area contributed by atoms with E-state index in [1.807, 2.05) is 24.3 Å². The third-order valence-corrected chi connectivity index (χ3v) is 9.13. The van der Waals surface area contributed by atoms with E-state index in [0.717, 1.165) is 37.0 Å². The highest BCUT2D eigenvalue weighted by Gasteiger charge is 2.82. The van der Waals surface area contributed by atoms with Gasteiger partial charge in [-0.25, -0.2) is 4.39 Å². The zero-order chi connectivity index (χ0) is 20.8. The first-order valence-electron chi connectivity index (χ1n) is 10.6. The van der Waals surface area contributed by atoms with E-state index in [9.17, 15) is 15.0 Å². The van der Waals surface area contributed by atoms with Crippen LogP contribution < -0.4 is 4.74 Å². The molecule has 2 N–H and O–H groups in total. The van der Waals surface area contributed by atoms with Gasteiger partial charge in [0, 0.05) is 22.7 Å². The molecule has 0 radical (unpaired) electrons. The molecule has 1 aromatic rings. The summed E-state index contributed by atoms with van der Waals surface area (Å²) in [5, 5.41) is 21.1. The Bertz CT molecular complexity index is 893. The maximum atomic E-state index is 16.2. The maximum Gasteiger partial charge on any atom is 0.168 e. The average molecular weight is 400 g/mol. The quantitative estimate of drug-likeness (QED) is 0.748. The van der Waals surface area contributed by atoms with Crippen LogP contribution in [0.3, 0.4) is 0 Å². The highest BCUT2D eigenvalue weighted by atomic mass is 19.1. The Hall–Kier alpha value is -1.72. The van der Waals surface area contributed by atoms with Gasteiger partial charge >= 0.3 is 0 Å². The van der Waals surface area contributed by atoms with Crippen LogP contribution in [0.15, 0.2) is 36.4 Å². The molecule has 4 aliphatic rings. The number of ether oxygens (including phenoxy) is 1. The van der Waals surface area contributed by atoms with E-state index in [-0.39, 0.29) is 5.41 Å². The molecular formula is C24H29FO4. The number of Topliss-reactive ketones (excluding diaryl/α,β-unsaturated/α-hetero) is 1. The van der Waals surface area contributed by atoms with Gasteiger partial charge in [0.25, 0.3) is 0 Å². The Morgan fingerprint density at radius 3 is 2.38 bits per heavy atom. The van der Waals surface area contributed by atoms with Gasteiger partial charge in [-0.2, -0.15) is 0 Å². The van der Waals surface area contributed by atoms with Crippen molar-refractivity contribution in [2.75, 3.05) is 7.11 Å². The third kappa shape index (κ3) is 1.90. The van der Waals surface area contributed by atoms with E-state index in [4.69, 9.17) is 4.74 Å². The summed E-state index contributed by atoms with van der Waals surface area (Å²) in [4.78, 5) is 13.4. The summed E-state index contributed by atoms with van der Waals surface area (Å²) in [7, 11) is 1.61. The molecule has 0 spiro atoms. The number of methoxy groups -OCH3 is 1. The molecule has 4 nitrogen and oxygen atoms in total. The number of carbonyl (C=O) groups is 1. The van der Waals surface area contributed by atoms with Gasteiger partial charge in [0.15, 0.2) is 5.78 Å². The van der Waals surface area contributed by atoms with Gasteiger partial charge in [-0.1, -0.05) is 44.1 Å². The van der Waals surface area contributed by atoms with Gasteiger partial charge in [0.05, 0.1) is 7.11 Å². The van der Waals surface area contributed by atoms with Crippen molar-refractivity contribution in [1.82, 2.24) is 0 Å². The van der Waals surface area contributed by atoms with Crippen LogP contribution in [-0.4, -0.2) is 41.0 Å². The lowest BCUT2D eigenvalue weighted by Gasteiger charge is -2.53. The Morgan fingerprint density at radius 1 is 1.07 bits per heavy atom. The number of hydrogen-bond donors (Lipinski definition) is 2. The molecule has 2 bridgehead atoms. The van der Waals surface area contributed by atoms with Gasteiger partial charge in [-0.15, -0.1) is 0 Å². The van der Waals surface area contributed by atoms with Crippen LogP contribution in [0.1, 0.15) is 45.1 Å². The summed E-state index contributed by atoms with van der Waals surface area (Å²) < 4.78 is 21.5. The molecule has 0 unspecified atom stereocenters. The number of fused-ring (bicyclic) bond motifs is 2. The van der Waals surface area contributed by atoms with Crippen molar-refractivity contribution in [2.24, 2.45) is 22.7 Å². The molecule has 0 aliphatic heterocycles. The predicted molar refractivity (Wildman–Crippen MR) is 106 cm³/mol. The lowest BCUT2D eigenvalue weighted by atomic mass is 9.52. The number of allylic oxidation sites excluding steroid dienone is 2. The van der Waals surface area contributed by atoms with E-state index < -0.39 is 46.3 Å². The molecule has 3 fully saturated rings. The molecule has 0 amide bonds. The van der Waals surface area contributed by atoms with Crippen molar-refractivity contribution < 1.29 is 24.1 Å². The standard InChI is InChI=1S/C24H29FO4/c1-21-10-4-5-11-23(21)12-13-24(21,14-6-8-15(29-3)9-7-14)16-17(26)18(27)20(28)22(2,25)19(16)23/h6-9,12-13,16,18-20,27-28H,4-5,10-11H2,1-3H3/t16-,18-,19-,20-,21+,22-,23+,24+/m0/s1. The number of ketones is 1. The maximum absolute atomic E-state index is 16.2. The van der Waals surface area contributed by atoms with Crippen molar-refractivity contribution in [1.29, 1.82) is 0 Å². The molecule has 5 heteroatoms. The van der Waals surface area contributed by atoms with Crippen LogP contribution in [0.2, 0.25) is 0 Å².